The third-order valence-corrected chi connectivity index (χ3v) is 6.17. The van der Waals surface area contributed by atoms with Gasteiger partial charge in [-0.25, -0.2) is 8.42 Å². The normalized spacial score (nSPS) is 35.9. The Balaban J connectivity index is 2.17. The van der Waals surface area contributed by atoms with Gasteiger partial charge in [0.05, 0.1) is 0 Å². The van der Waals surface area contributed by atoms with Crippen molar-refractivity contribution in [2.75, 3.05) is 19.3 Å². The van der Waals surface area contributed by atoms with Gasteiger partial charge in [0.15, 0.2) is 9.84 Å². The van der Waals surface area contributed by atoms with E-state index in [1.165, 1.54) is 9.80 Å². The Kier molecular flexibility index (Phi) is 2.30. The van der Waals surface area contributed by atoms with Crippen molar-refractivity contribution in [3.63, 3.8) is 0 Å². The molecule has 0 aliphatic carbocycles. The minimum atomic E-state index is -3.63. The van der Waals surface area contributed by atoms with E-state index in [4.69, 9.17) is 0 Å². The molecule has 0 saturated carbocycles. The molecule has 0 spiro atoms. The Hall–Kier alpha value is -1.11. The Morgan fingerprint density at radius 1 is 1.22 bits per heavy atom. The van der Waals surface area contributed by atoms with Crippen molar-refractivity contribution in [2.45, 2.75) is 36.6 Å². The highest BCUT2D eigenvalue weighted by Gasteiger charge is 2.64. The van der Waals surface area contributed by atoms with Gasteiger partial charge in [0.2, 0.25) is 10.8 Å². The van der Waals surface area contributed by atoms with Crippen LogP contribution in [-0.2, 0) is 19.4 Å². The Morgan fingerprint density at radius 3 is 2.61 bits per heavy atom. The molecule has 100 valence electrons. The molecule has 0 aromatic rings. The molecule has 3 rings (SSSR count). The maximum absolute atomic E-state index is 12.6. The lowest BCUT2D eigenvalue weighted by Crippen LogP contribution is -2.70. The highest BCUT2D eigenvalue weighted by Crippen LogP contribution is 2.42. The summed E-state index contributed by atoms with van der Waals surface area (Å²) in [4.78, 5) is 26.1. The first-order valence-electron chi connectivity index (χ1n) is 6.22. The number of hydrogen-bond acceptors (Lipinski definition) is 4. The van der Waals surface area contributed by atoms with Crippen molar-refractivity contribution >= 4 is 21.7 Å². The van der Waals surface area contributed by atoms with E-state index in [9.17, 15) is 18.0 Å². The summed E-state index contributed by atoms with van der Waals surface area (Å²) in [6, 6.07) is -0.425. The number of carbonyl (C=O) groups excluding carboxylic acids is 2. The van der Waals surface area contributed by atoms with Crippen molar-refractivity contribution in [1.82, 2.24) is 9.80 Å². The van der Waals surface area contributed by atoms with E-state index in [0.717, 1.165) is 12.7 Å². The predicted octanol–water partition coefficient (Wildman–Crippen LogP) is -0.646. The molecular weight excluding hydrogens is 256 g/mol. The van der Waals surface area contributed by atoms with E-state index in [2.05, 4.69) is 0 Å². The topological polar surface area (TPSA) is 74.8 Å². The molecule has 18 heavy (non-hydrogen) atoms. The number of sulfone groups is 1. The fraction of sp³-hybridized carbons (Fsp3) is 0.818. The van der Waals surface area contributed by atoms with E-state index < -0.39 is 20.8 Å². The molecule has 7 heteroatoms. The summed E-state index contributed by atoms with van der Waals surface area (Å²) in [7, 11) is -3.63. The maximum atomic E-state index is 12.6. The van der Waals surface area contributed by atoms with Crippen molar-refractivity contribution in [3.8, 4) is 0 Å². The lowest BCUT2D eigenvalue weighted by atomic mass is 10.1. The van der Waals surface area contributed by atoms with E-state index in [1.54, 1.807) is 0 Å². The number of amides is 2. The van der Waals surface area contributed by atoms with Gasteiger partial charge in [0.25, 0.3) is 5.91 Å². The van der Waals surface area contributed by atoms with Crippen LogP contribution in [-0.4, -0.2) is 60.3 Å². The third kappa shape index (κ3) is 1.20. The molecule has 3 heterocycles. The summed E-state index contributed by atoms with van der Waals surface area (Å²) in [6.07, 6.45) is 3.30. The Morgan fingerprint density at radius 2 is 1.94 bits per heavy atom. The van der Waals surface area contributed by atoms with Gasteiger partial charge in [-0.05, 0) is 25.7 Å². The molecular formula is C11H16N2O4S. The lowest BCUT2D eigenvalue weighted by Gasteiger charge is -2.45. The minimum absolute atomic E-state index is 0.185. The molecule has 6 nitrogen and oxygen atoms in total. The van der Waals surface area contributed by atoms with Gasteiger partial charge in [-0.3, -0.25) is 9.59 Å². The first-order valence-corrected chi connectivity index (χ1v) is 8.11. The molecule has 0 radical (unpaired) electrons. The van der Waals surface area contributed by atoms with Crippen LogP contribution in [0.3, 0.4) is 0 Å². The number of fused-ring (bicyclic) bond motifs is 2. The lowest BCUT2D eigenvalue weighted by molar-refractivity contribution is -0.159. The number of rotatable bonds is 1. The summed E-state index contributed by atoms with van der Waals surface area (Å²) in [5.74, 6) is -0.570. The molecule has 0 N–H and O–H groups in total. The zero-order chi connectivity index (χ0) is 13.1. The van der Waals surface area contributed by atoms with Crippen molar-refractivity contribution in [1.29, 1.82) is 0 Å². The van der Waals surface area contributed by atoms with Crippen molar-refractivity contribution in [2.24, 2.45) is 0 Å². The number of nitrogens with zero attached hydrogens (tertiary/aromatic N) is 2. The smallest absolute Gasteiger partial charge is 0.265 e. The fourth-order valence-corrected chi connectivity index (χ4v) is 5.05. The standard InChI is InChI=1S/C11H16N2O4S/c1-18(16,17)11-5-3-7-13(11)9(14)8-4-2-6-12(8)10(11)15/h8H,2-7H2,1H3/t8-,11-/m0/s1. The maximum Gasteiger partial charge on any atom is 0.265 e. The third-order valence-electron chi connectivity index (χ3n) is 4.35. The van der Waals surface area contributed by atoms with Gasteiger partial charge in [-0.15, -0.1) is 0 Å². The minimum Gasteiger partial charge on any atom is -0.328 e. The van der Waals surface area contributed by atoms with Crippen LogP contribution in [0.4, 0.5) is 0 Å². The average Bonchev–Trinajstić information content (AvgIpc) is 2.92. The zero-order valence-corrected chi connectivity index (χ0v) is 11.1. The molecule has 3 saturated heterocycles. The quantitative estimate of drug-likeness (QED) is 0.636. The SMILES string of the molecule is CS(=O)(=O)[C@]12CCCN1C(=O)[C@@H]1CCCN1C2=O. The molecule has 3 aliphatic rings. The van der Waals surface area contributed by atoms with E-state index in [0.29, 0.717) is 25.9 Å². The first kappa shape index (κ1) is 12.0. The summed E-state index contributed by atoms with van der Waals surface area (Å²) in [6.45, 7) is 0.877. The molecule has 2 atom stereocenters. The largest absolute Gasteiger partial charge is 0.328 e. The van der Waals surface area contributed by atoms with E-state index >= 15 is 0 Å². The van der Waals surface area contributed by atoms with Crippen LogP contribution >= 0.6 is 0 Å². The first-order chi connectivity index (χ1) is 8.39. The molecule has 0 aromatic heterocycles. The molecule has 0 aromatic carbocycles. The van der Waals surface area contributed by atoms with Crippen LogP contribution in [0.1, 0.15) is 25.7 Å². The van der Waals surface area contributed by atoms with Crippen LogP contribution in [0.5, 0.6) is 0 Å². The molecule has 3 aliphatic heterocycles. The van der Waals surface area contributed by atoms with Crippen molar-refractivity contribution in [3.05, 3.63) is 0 Å². The highest BCUT2D eigenvalue weighted by atomic mass is 32.2. The van der Waals surface area contributed by atoms with Crippen LogP contribution in [0.2, 0.25) is 0 Å². The predicted molar refractivity (Wildman–Crippen MR) is 63.3 cm³/mol. The van der Waals surface area contributed by atoms with Crippen molar-refractivity contribution < 1.29 is 18.0 Å². The Labute approximate surface area is 106 Å². The van der Waals surface area contributed by atoms with Crippen LogP contribution in [0, 0.1) is 0 Å². The van der Waals surface area contributed by atoms with Crippen LogP contribution in [0.25, 0.3) is 0 Å². The second-order valence-corrected chi connectivity index (χ2v) is 7.53. The number of piperazine rings is 1. The van der Waals surface area contributed by atoms with Gasteiger partial charge in [0.1, 0.15) is 6.04 Å². The molecule has 3 fully saturated rings. The van der Waals surface area contributed by atoms with Gasteiger partial charge in [-0.2, -0.15) is 0 Å². The summed E-state index contributed by atoms with van der Waals surface area (Å²) < 4.78 is 24.2. The second-order valence-electron chi connectivity index (χ2n) is 5.31. The monoisotopic (exact) mass is 272 g/mol. The number of hydrogen-bond donors (Lipinski definition) is 0. The van der Waals surface area contributed by atoms with E-state index in [-0.39, 0.29) is 18.2 Å². The van der Waals surface area contributed by atoms with Gasteiger partial charge < -0.3 is 9.80 Å². The summed E-state index contributed by atoms with van der Waals surface area (Å²) in [5, 5.41) is 0. The highest BCUT2D eigenvalue weighted by molar-refractivity contribution is 7.92. The summed E-state index contributed by atoms with van der Waals surface area (Å²) in [5.41, 5.74) is 0. The van der Waals surface area contributed by atoms with Crippen LogP contribution < -0.4 is 0 Å². The fourth-order valence-electron chi connectivity index (χ4n) is 3.52. The van der Waals surface area contributed by atoms with Gasteiger partial charge in [0, 0.05) is 19.3 Å². The Bertz CT molecular complexity index is 529. The van der Waals surface area contributed by atoms with E-state index in [1.807, 2.05) is 0 Å². The summed E-state index contributed by atoms with van der Waals surface area (Å²) >= 11 is 0. The number of carbonyl (C=O) groups is 2. The average molecular weight is 272 g/mol. The van der Waals surface area contributed by atoms with Crippen LogP contribution in [0.15, 0.2) is 0 Å². The molecule has 2 amide bonds. The van der Waals surface area contributed by atoms with Gasteiger partial charge >= 0.3 is 0 Å². The zero-order valence-electron chi connectivity index (χ0n) is 10.3. The molecule has 0 bridgehead atoms. The molecule has 0 unspecified atom stereocenters. The van der Waals surface area contributed by atoms with Gasteiger partial charge in [-0.1, -0.05) is 0 Å². The second kappa shape index (κ2) is 3.46.